The van der Waals surface area contributed by atoms with Crippen LogP contribution >= 0.6 is 0 Å². The molecule has 5 atom stereocenters. The average molecular weight is 403 g/mol. The van der Waals surface area contributed by atoms with Gasteiger partial charge in [-0.3, -0.25) is 9.59 Å². The van der Waals surface area contributed by atoms with E-state index in [1.54, 1.807) is 0 Å². The van der Waals surface area contributed by atoms with E-state index in [0.29, 0.717) is 24.9 Å². The largest absolute Gasteiger partial charge is 0.481 e. The average Bonchev–Trinajstić information content (AvgIpc) is 2.65. The molecule has 3 rings (SSSR count). The third-order valence-electron chi connectivity index (χ3n) is 8.29. The first-order valence-electron chi connectivity index (χ1n) is 11.3. The fourth-order valence-corrected chi connectivity index (χ4v) is 6.63. The molecule has 2 saturated carbocycles. The van der Waals surface area contributed by atoms with Crippen molar-refractivity contribution in [1.29, 1.82) is 0 Å². The summed E-state index contributed by atoms with van der Waals surface area (Å²) in [5.74, 6) is 0.181. The topological polar surface area (TPSA) is 63.6 Å². The van der Waals surface area contributed by atoms with Crippen LogP contribution in [-0.2, 0) is 14.3 Å². The summed E-state index contributed by atoms with van der Waals surface area (Å²) in [6, 6.07) is 0. The van der Waals surface area contributed by atoms with E-state index in [1.807, 2.05) is 26.8 Å². The van der Waals surface area contributed by atoms with Crippen LogP contribution in [0.25, 0.3) is 0 Å². The van der Waals surface area contributed by atoms with E-state index in [0.717, 1.165) is 44.9 Å². The van der Waals surface area contributed by atoms with Crippen LogP contribution < -0.4 is 0 Å². The molecule has 162 valence electrons. The van der Waals surface area contributed by atoms with Crippen LogP contribution in [0, 0.1) is 34.0 Å². The second kappa shape index (κ2) is 7.92. The van der Waals surface area contributed by atoms with E-state index in [9.17, 15) is 14.7 Å². The zero-order chi connectivity index (χ0) is 21.4. The number of carboxylic acids is 1. The summed E-state index contributed by atoms with van der Waals surface area (Å²) < 4.78 is 5.63. The van der Waals surface area contributed by atoms with Crippen LogP contribution in [0.1, 0.15) is 79.1 Å². The minimum absolute atomic E-state index is 0.0388. The molecule has 4 heteroatoms. The molecule has 0 aromatic rings. The Morgan fingerprint density at radius 1 is 1.28 bits per heavy atom. The fourth-order valence-electron chi connectivity index (χ4n) is 6.63. The predicted molar refractivity (Wildman–Crippen MR) is 114 cm³/mol. The van der Waals surface area contributed by atoms with Gasteiger partial charge in [0.25, 0.3) is 0 Å². The lowest BCUT2D eigenvalue weighted by molar-refractivity contribution is -0.164. The molecular weight excluding hydrogens is 364 g/mol. The number of carbonyl (C=O) groups is 2. The Labute approximate surface area is 175 Å². The molecule has 4 nitrogen and oxygen atoms in total. The Bertz CT molecular complexity index is 708. The van der Waals surface area contributed by atoms with Crippen molar-refractivity contribution in [3.05, 3.63) is 24.3 Å². The number of rotatable bonds is 6. The SMILES string of the molecule is C=C[C@]1(COC(=O)CC(C)C)C=C2CC[C@H]3[C@@](C)(CCC[C@@]3(C)C(=O)O)[C@@H]2CC1. The predicted octanol–water partition coefficient (Wildman–Crippen LogP) is 5.78. The van der Waals surface area contributed by atoms with Crippen molar-refractivity contribution in [1.82, 2.24) is 0 Å². The quantitative estimate of drug-likeness (QED) is 0.452. The second-order valence-electron chi connectivity index (χ2n) is 10.7. The number of allylic oxidation sites excluding steroid dienone is 1. The summed E-state index contributed by atoms with van der Waals surface area (Å²) >= 11 is 0. The minimum atomic E-state index is -0.630. The van der Waals surface area contributed by atoms with Crippen LogP contribution in [0.2, 0.25) is 0 Å². The van der Waals surface area contributed by atoms with Gasteiger partial charge in [0.1, 0.15) is 6.61 Å². The lowest BCUT2D eigenvalue weighted by Gasteiger charge is -2.59. The first kappa shape index (κ1) is 22.1. The lowest BCUT2D eigenvalue weighted by Crippen LogP contribution is -2.54. The Kier molecular flexibility index (Phi) is 6.04. The molecule has 0 spiro atoms. The fraction of sp³-hybridized carbons (Fsp3) is 0.760. The zero-order valence-corrected chi connectivity index (χ0v) is 18.6. The van der Waals surface area contributed by atoms with Gasteiger partial charge in [-0.1, -0.05) is 44.9 Å². The molecule has 1 N–H and O–H groups in total. The molecule has 0 saturated heterocycles. The molecule has 0 aromatic heterocycles. The third kappa shape index (κ3) is 3.92. The van der Waals surface area contributed by atoms with Crippen molar-refractivity contribution in [2.45, 2.75) is 79.1 Å². The molecular formula is C25H38O4. The Morgan fingerprint density at radius 2 is 2.00 bits per heavy atom. The van der Waals surface area contributed by atoms with Gasteiger partial charge >= 0.3 is 11.9 Å². The molecule has 0 heterocycles. The molecule has 0 bridgehead atoms. The molecule has 2 fully saturated rings. The van der Waals surface area contributed by atoms with Gasteiger partial charge in [-0.25, -0.2) is 0 Å². The normalized spacial score (nSPS) is 39.1. The van der Waals surface area contributed by atoms with Crippen LogP contribution in [-0.4, -0.2) is 23.7 Å². The Balaban J connectivity index is 1.82. The van der Waals surface area contributed by atoms with E-state index in [4.69, 9.17) is 4.74 Å². The lowest BCUT2D eigenvalue weighted by atomic mass is 9.45. The van der Waals surface area contributed by atoms with Gasteiger partial charge in [0, 0.05) is 11.8 Å². The molecule has 3 aliphatic rings. The van der Waals surface area contributed by atoms with E-state index in [2.05, 4.69) is 19.6 Å². The van der Waals surface area contributed by atoms with Gasteiger partial charge in [-0.2, -0.15) is 0 Å². The summed E-state index contributed by atoms with van der Waals surface area (Å²) in [7, 11) is 0. The number of esters is 1. The molecule has 0 aliphatic heterocycles. The highest BCUT2D eigenvalue weighted by Gasteiger charge is 2.58. The molecule has 0 amide bonds. The summed E-state index contributed by atoms with van der Waals surface area (Å²) in [5, 5.41) is 9.98. The maximum absolute atomic E-state index is 12.1. The van der Waals surface area contributed by atoms with Crippen molar-refractivity contribution >= 4 is 11.9 Å². The van der Waals surface area contributed by atoms with Gasteiger partial charge in [0.2, 0.25) is 0 Å². The summed E-state index contributed by atoms with van der Waals surface area (Å²) in [6.07, 6.45) is 11.4. The maximum Gasteiger partial charge on any atom is 0.309 e. The Hall–Kier alpha value is -1.58. The van der Waals surface area contributed by atoms with Crippen molar-refractivity contribution in [2.24, 2.45) is 34.0 Å². The van der Waals surface area contributed by atoms with Crippen molar-refractivity contribution in [3.8, 4) is 0 Å². The zero-order valence-electron chi connectivity index (χ0n) is 18.6. The number of fused-ring (bicyclic) bond motifs is 3. The highest BCUT2D eigenvalue weighted by molar-refractivity contribution is 5.75. The highest BCUT2D eigenvalue weighted by atomic mass is 16.5. The number of aliphatic carboxylic acids is 1. The summed E-state index contributed by atoms with van der Waals surface area (Å²) in [5.41, 5.74) is 0.575. The number of hydrogen-bond acceptors (Lipinski definition) is 3. The van der Waals surface area contributed by atoms with Crippen LogP contribution in [0.5, 0.6) is 0 Å². The molecule has 0 unspecified atom stereocenters. The van der Waals surface area contributed by atoms with Crippen LogP contribution in [0.15, 0.2) is 24.3 Å². The smallest absolute Gasteiger partial charge is 0.309 e. The van der Waals surface area contributed by atoms with Crippen molar-refractivity contribution in [2.75, 3.05) is 6.61 Å². The first-order chi connectivity index (χ1) is 13.6. The highest BCUT2D eigenvalue weighted by Crippen LogP contribution is 2.64. The first-order valence-corrected chi connectivity index (χ1v) is 11.3. The van der Waals surface area contributed by atoms with Gasteiger partial charge in [0.05, 0.1) is 5.41 Å². The van der Waals surface area contributed by atoms with Crippen LogP contribution in [0.4, 0.5) is 0 Å². The second-order valence-corrected chi connectivity index (χ2v) is 10.7. The Morgan fingerprint density at radius 3 is 2.62 bits per heavy atom. The van der Waals surface area contributed by atoms with E-state index in [1.165, 1.54) is 5.57 Å². The van der Waals surface area contributed by atoms with Gasteiger partial charge in [-0.15, -0.1) is 6.58 Å². The van der Waals surface area contributed by atoms with E-state index >= 15 is 0 Å². The minimum Gasteiger partial charge on any atom is -0.481 e. The third-order valence-corrected chi connectivity index (χ3v) is 8.29. The number of ether oxygens (including phenoxy) is 1. The molecule has 0 radical (unpaired) electrons. The summed E-state index contributed by atoms with van der Waals surface area (Å²) in [4.78, 5) is 24.2. The molecule has 3 aliphatic carbocycles. The van der Waals surface area contributed by atoms with Gasteiger partial charge < -0.3 is 9.84 Å². The van der Waals surface area contributed by atoms with E-state index in [-0.39, 0.29) is 22.7 Å². The number of carbonyl (C=O) groups excluding carboxylic acids is 1. The number of hydrogen-bond donors (Lipinski definition) is 1. The molecule has 0 aromatic carbocycles. The molecule has 29 heavy (non-hydrogen) atoms. The summed E-state index contributed by atoms with van der Waals surface area (Å²) in [6.45, 7) is 12.8. The van der Waals surface area contributed by atoms with E-state index < -0.39 is 11.4 Å². The van der Waals surface area contributed by atoms with Crippen molar-refractivity contribution < 1.29 is 19.4 Å². The standard InChI is InChI=1S/C25H38O4/c1-6-25(16-29-21(26)14-17(2)3)13-10-19-18(15-25)8-9-20-23(19,4)11-7-12-24(20,5)22(27)28/h6,15,17,19-20H,1,7-14,16H2,2-5H3,(H,27,28)/t19-,20+,23+,24-,25-/m1/s1. The monoisotopic (exact) mass is 402 g/mol. The van der Waals surface area contributed by atoms with Crippen molar-refractivity contribution in [3.63, 3.8) is 0 Å². The maximum atomic E-state index is 12.1. The van der Waals surface area contributed by atoms with Gasteiger partial charge in [-0.05, 0) is 68.6 Å². The van der Waals surface area contributed by atoms with Gasteiger partial charge in [0.15, 0.2) is 0 Å². The van der Waals surface area contributed by atoms with Crippen LogP contribution in [0.3, 0.4) is 0 Å². The number of carboxylic acid groups (broad SMARTS) is 1.